The number of piperazine rings is 1. The lowest BCUT2D eigenvalue weighted by Crippen LogP contribution is -2.49. The Morgan fingerprint density at radius 2 is 1.89 bits per heavy atom. The van der Waals surface area contributed by atoms with Gasteiger partial charge in [0.25, 0.3) is 0 Å². The molecule has 1 heterocycles. The number of carbonyl (C=O) groups excluding carboxylic acids is 2. The van der Waals surface area contributed by atoms with Crippen LogP contribution in [0.4, 0.5) is 11.4 Å². The van der Waals surface area contributed by atoms with E-state index in [1.165, 1.54) is 0 Å². The summed E-state index contributed by atoms with van der Waals surface area (Å²) in [6, 6.07) is 5.54. The van der Waals surface area contributed by atoms with Gasteiger partial charge >= 0.3 is 0 Å². The first-order chi connectivity index (χ1) is 12.8. The second-order valence-electron chi connectivity index (χ2n) is 6.96. The van der Waals surface area contributed by atoms with Gasteiger partial charge in [-0.1, -0.05) is 38.4 Å². The highest BCUT2D eigenvalue weighted by Crippen LogP contribution is 2.34. The predicted molar refractivity (Wildman–Crippen MR) is 114 cm³/mol. The molecule has 0 radical (unpaired) electrons. The van der Waals surface area contributed by atoms with Gasteiger partial charge in [-0.05, 0) is 30.3 Å². The zero-order chi connectivity index (χ0) is 20.0. The number of rotatable bonds is 5. The number of thiocarbonyl (C=S) groups is 1. The second kappa shape index (κ2) is 9.90. The quantitative estimate of drug-likeness (QED) is 0.729. The molecule has 8 heteroatoms. The minimum atomic E-state index is -0.113. The molecule has 0 aromatic heterocycles. The molecule has 1 fully saturated rings. The molecule has 1 saturated heterocycles. The molecule has 1 aliphatic rings. The van der Waals surface area contributed by atoms with E-state index in [2.05, 4.69) is 15.5 Å². The molecule has 27 heavy (non-hydrogen) atoms. The molecule has 1 aromatic carbocycles. The van der Waals surface area contributed by atoms with Crippen LogP contribution in [0, 0.1) is 5.92 Å². The lowest BCUT2D eigenvalue weighted by molar-refractivity contribution is -0.131. The zero-order valence-corrected chi connectivity index (χ0v) is 17.6. The largest absolute Gasteiger partial charge is 0.365 e. The van der Waals surface area contributed by atoms with Crippen LogP contribution in [0.1, 0.15) is 33.6 Å². The number of hydrogen-bond acceptors (Lipinski definition) is 4. The van der Waals surface area contributed by atoms with Gasteiger partial charge in [-0.15, -0.1) is 0 Å². The SMILES string of the molecule is CCC(=O)N1CCN(c2c(Cl)cccc2NC(=S)NC(=O)CC(C)C)CC1. The maximum absolute atomic E-state index is 11.9. The van der Waals surface area contributed by atoms with Gasteiger partial charge in [0.1, 0.15) is 0 Å². The van der Waals surface area contributed by atoms with Gasteiger partial charge in [0, 0.05) is 39.0 Å². The van der Waals surface area contributed by atoms with E-state index in [4.69, 9.17) is 23.8 Å². The fraction of sp³-hybridized carbons (Fsp3) is 0.526. The average Bonchev–Trinajstić information content (AvgIpc) is 2.60. The Morgan fingerprint density at radius 1 is 1.22 bits per heavy atom. The van der Waals surface area contributed by atoms with Gasteiger partial charge in [-0.25, -0.2) is 0 Å². The maximum Gasteiger partial charge on any atom is 0.226 e. The third-order valence-electron chi connectivity index (χ3n) is 4.33. The number of carbonyl (C=O) groups is 2. The summed E-state index contributed by atoms with van der Waals surface area (Å²) in [5.74, 6) is 0.315. The summed E-state index contributed by atoms with van der Waals surface area (Å²) in [4.78, 5) is 27.8. The summed E-state index contributed by atoms with van der Waals surface area (Å²) >= 11 is 11.7. The molecule has 1 aliphatic heterocycles. The Labute approximate surface area is 171 Å². The zero-order valence-electron chi connectivity index (χ0n) is 16.0. The number of hydrogen-bond donors (Lipinski definition) is 2. The van der Waals surface area contributed by atoms with Crippen LogP contribution in [0.2, 0.25) is 5.02 Å². The molecule has 2 amide bonds. The first-order valence-corrected chi connectivity index (χ1v) is 10.0. The van der Waals surface area contributed by atoms with Crippen LogP contribution in [-0.2, 0) is 9.59 Å². The van der Waals surface area contributed by atoms with Gasteiger partial charge in [0.2, 0.25) is 11.8 Å². The number of benzene rings is 1. The predicted octanol–water partition coefficient (Wildman–Crippen LogP) is 3.26. The Balaban J connectivity index is 2.07. The van der Waals surface area contributed by atoms with Crippen molar-refractivity contribution >= 4 is 52.1 Å². The summed E-state index contributed by atoms with van der Waals surface area (Å²) < 4.78 is 0. The van der Waals surface area contributed by atoms with E-state index in [1.807, 2.05) is 43.9 Å². The minimum Gasteiger partial charge on any atom is -0.365 e. The highest BCUT2D eigenvalue weighted by Gasteiger charge is 2.23. The summed E-state index contributed by atoms with van der Waals surface area (Å²) in [6.45, 7) is 8.54. The molecule has 0 spiro atoms. The molecule has 2 rings (SSSR count). The normalized spacial score (nSPS) is 14.3. The first kappa shape index (κ1) is 21.4. The molecule has 148 valence electrons. The number of para-hydroxylation sites is 1. The van der Waals surface area contributed by atoms with Gasteiger partial charge in [-0.2, -0.15) is 0 Å². The van der Waals surface area contributed by atoms with Crippen molar-refractivity contribution in [2.24, 2.45) is 5.92 Å². The molecule has 0 bridgehead atoms. The van der Waals surface area contributed by atoms with Gasteiger partial charge in [-0.3, -0.25) is 9.59 Å². The van der Waals surface area contributed by atoms with Crippen molar-refractivity contribution < 1.29 is 9.59 Å². The van der Waals surface area contributed by atoms with Crippen molar-refractivity contribution in [1.29, 1.82) is 0 Å². The number of halogens is 1. The Hall–Kier alpha value is -1.86. The molecule has 2 N–H and O–H groups in total. The lowest BCUT2D eigenvalue weighted by atomic mass is 10.1. The van der Waals surface area contributed by atoms with Crippen molar-refractivity contribution in [2.75, 3.05) is 36.4 Å². The smallest absolute Gasteiger partial charge is 0.226 e. The van der Waals surface area contributed by atoms with Crippen LogP contribution in [0.5, 0.6) is 0 Å². The first-order valence-electron chi connectivity index (χ1n) is 9.23. The molecular formula is C19H27ClN4O2S. The van der Waals surface area contributed by atoms with E-state index in [0.717, 1.165) is 11.4 Å². The molecule has 0 atom stereocenters. The number of nitrogens with one attached hydrogen (secondary N) is 2. The fourth-order valence-corrected chi connectivity index (χ4v) is 3.56. The van der Waals surface area contributed by atoms with Crippen molar-refractivity contribution in [2.45, 2.75) is 33.6 Å². The van der Waals surface area contributed by atoms with Crippen molar-refractivity contribution in [3.63, 3.8) is 0 Å². The Bertz CT molecular complexity index is 703. The average molecular weight is 411 g/mol. The second-order valence-corrected chi connectivity index (χ2v) is 7.77. The molecule has 0 saturated carbocycles. The number of anilines is 2. The summed E-state index contributed by atoms with van der Waals surface area (Å²) in [7, 11) is 0. The van der Waals surface area contributed by atoms with Crippen LogP contribution in [0.15, 0.2) is 18.2 Å². The van der Waals surface area contributed by atoms with Crippen LogP contribution < -0.4 is 15.5 Å². The summed E-state index contributed by atoms with van der Waals surface area (Å²) in [5.41, 5.74) is 1.58. The Morgan fingerprint density at radius 3 is 2.48 bits per heavy atom. The van der Waals surface area contributed by atoms with E-state index in [0.29, 0.717) is 44.0 Å². The minimum absolute atomic E-state index is 0.113. The number of amides is 2. The molecule has 6 nitrogen and oxygen atoms in total. The standard InChI is InChI=1S/C19H27ClN4O2S/c1-4-17(26)23-8-10-24(11-9-23)18-14(20)6-5-7-15(18)21-19(27)22-16(25)12-13(2)3/h5-7,13H,4,8-12H2,1-3H3,(H2,21,22,25,27). The highest BCUT2D eigenvalue weighted by molar-refractivity contribution is 7.80. The molecule has 0 aliphatic carbocycles. The van der Waals surface area contributed by atoms with Gasteiger partial charge in [0.15, 0.2) is 5.11 Å². The van der Waals surface area contributed by atoms with Crippen molar-refractivity contribution in [3.8, 4) is 0 Å². The topological polar surface area (TPSA) is 64.7 Å². The van der Waals surface area contributed by atoms with Crippen LogP contribution >= 0.6 is 23.8 Å². The lowest BCUT2D eigenvalue weighted by Gasteiger charge is -2.37. The van der Waals surface area contributed by atoms with E-state index in [9.17, 15) is 9.59 Å². The molecule has 1 aromatic rings. The highest BCUT2D eigenvalue weighted by atomic mass is 35.5. The monoisotopic (exact) mass is 410 g/mol. The van der Waals surface area contributed by atoms with Crippen LogP contribution in [0.3, 0.4) is 0 Å². The van der Waals surface area contributed by atoms with Crippen molar-refractivity contribution in [3.05, 3.63) is 23.2 Å². The Kier molecular flexibility index (Phi) is 7.86. The number of nitrogens with zero attached hydrogens (tertiary/aromatic N) is 2. The van der Waals surface area contributed by atoms with E-state index < -0.39 is 0 Å². The van der Waals surface area contributed by atoms with Crippen LogP contribution in [0.25, 0.3) is 0 Å². The maximum atomic E-state index is 11.9. The third kappa shape index (κ3) is 6.07. The van der Waals surface area contributed by atoms with Crippen molar-refractivity contribution in [1.82, 2.24) is 10.2 Å². The van der Waals surface area contributed by atoms with E-state index in [-0.39, 0.29) is 22.8 Å². The fourth-order valence-electron chi connectivity index (χ4n) is 3.04. The molecular weight excluding hydrogens is 384 g/mol. The van der Waals surface area contributed by atoms with E-state index >= 15 is 0 Å². The molecule has 0 unspecified atom stereocenters. The summed E-state index contributed by atoms with van der Waals surface area (Å²) in [6.07, 6.45) is 0.931. The van der Waals surface area contributed by atoms with E-state index in [1.54, 1.807) is 0 Å². The van der Waals surface area contributed by atoms with Gasteiger partial charge < -0.3 is 20.4 Å². The third-order valence-corrected chi connectivity index (χ3v) is 4.84. The van der Waals surface area contributed by atoms with Gasteiger partial charge in [0.05, 0.1) is 16.4 Å². The summed E-state index contributed by atoms with van der Waals surface area (Å²) in [5, 5.41) is 6.65. The van der Waals surface area contributed by atoms with Crippen LogP contribution in [-0.4, -0.2) is 48.0 Å².